The van der Waals surface area contributed by atoms with E-state index < -0.39 is 18.2 Å². The van der Waals surface area contributed by atoms with E-state index in [0.717, 1.165) is 12.1 Å². The maximum atomic E-state index is 13.4. The van der Waals surface area contributed by atoms with Crippen LogP contribution in [0.3, 0.4) is 0 Å². The van der Waals surface area contributed by atoms with Gasteiger partial charge in [0.1, 0.15) is 11.9 Å². The number of hydrogen-bond donors (Lipinski definition) is 1. The normalized spacial score (nSPS) is 16.6. The number of ether oxygens (including phenoxy) is 3. The van der Waals surface area contributed by atoms with Crippen LogP contribution in [-0.2, 0) is 4.74 Å². The van der Waals surface area contributed by atoms with Gasteiger partial charge in [0.25, 0.3) is 0 Å². The van der Waals surface area contributed by atoms with Crippen LogP contribution in [0.1, 0.15) is 12.8 Å². The van der Waals surface area contributed by atoms with Crippen molar-refractivity contribution < 1.29 is 27.4 Å². The Morgan fingerprint density at radius 2 is 1.89 bits per heavy atom. The lowest BCUT2D eigenvalue weighted by Crippen LogP contribution is -2.26. The Labute approximate surface area is 108 Å². The second-order valence-corrected chi connectivity index (χ2v) is 4.13. The van der Waals surface area contributed by atoms with E-state index in [4.69, 9.17) is 15.2 Å². The lowest BCUT2D eigenvalue weighted by atomic mass is 10.1. The van der Waals surface area contributed by atoms with E-state index in [9.17, 15) is 13.2 Å². The first-order valence-corrected chi connectivity index (χ1v) is 5.84. The van der Waals surface area contributed by atoms with E-state index in [1.807, 2.05) is 0 Å². The van der Waals surface area contributed by atoms with E-state index in [1.54, 1.807) is 0 Å². The largest absolute Gasteiger partial charge is 0.488 e. The third kappa shape index (κ3) is 3.66. The minimum atomic E-state index is -3.10. The van der Waals surface area contributed by atoms with Crippen LogP contribution in [0.2, 0.25) is 0 Å². The monoisotopic (exact) mass is 277 g/mol. The van der Waals surface area contributed by atoms with Crippen molar-refractivity contribution in [2.24, 2.45) is 0 Å². The summed E-state index contributed by atoms with van der Waals surface area (Å²) in [6.07, 6.45) is 1.21. The minimum Gasteiger partial charge on any atom is -0.488 e. The van der Waals surface area contributed by atoms with Crippen LogP contribution in [0.4, 0.5) is 18.9 Å². The average Bonchev–Trinajstić information content (AvgIpc) is 2.36. The molecule has 0 aromatic heterocycles. The molecule has 1 aromatic carbocycles. The Morgan fingerprint density at radius 1 is 1.21 bits per heavy atom. The molecule has 0 bridgehead atoms. The third-order valence-corrected chi connectivity index (χ3v) is 2.74. The first-order valence-electron chi connectivity index (χ1n) is 5.84. The summed E-state index contributed by atoms with van der Waals surface area (Å²) in [6.45, 7) is -1.98. The molecule has 19 heavy (non-hydrogen) atoms. The molecule has 1 aromatic rings. The van der Waals surface area contributed by atoms with Gasteiger partial charge in [-0.3, -0.25) is 0 Å². The zero-order valence-electron chi connectivity index (χ0n) is 10.1. The smallest absolute Gasteiger partial charge is 0.387 e. The molecule has 4 nitrogen and oxygen atoms in total. The van der Waals surface area contributed by atoms with Crippen molar-refractivity contribution in [3.63, 3.8) is 0 Å². The lowest BCUT2D eigenvalue weighted by Gasteiger charge is -2.24. The van der Waals surface area contributed by atoms with E-state index in [1.165, 1.54) is 0 Å². The van der Waals surface area contributed by atoms with Gasteiger partial charge in [-0.1, -0.05) is 0 Å². The van der Waals surface area contributed by atoms with Crippen molar-refractivity contribution in [3.05, 3.63) is 17.9 Å². The van der Waals surface area contributed by atoms with Crippen LogP contribution >= 0.6 is 0 Å². The van der Waals surface area contributed by atoms with Crippen LogP contribution < -0.4 is 15.2 Å². The topological polar surface area (TPSA) is 53.7 Å². The molecular formula is C12H14F3NO3. The molecule has 1 aliphatic rings. The number of nitrogens with two attached hydrogens (primary N) is 1. The fourth-order valence-corrected chi connectivity index (χ4v) is 1.81. The highest BCUT2D eigenvalue weighted by Gasteiger charge is 2.19. The molecule has 1 fully saturated rings. The molecule has 1 aliphatic heterocycles. The van der Waals surface area contributed by atoms with Crippen molar-refractivity contribution in [2.45, 2.75) is 25.6 Å². The maximum absolute atomic E-state index is 13.4. The first kappa shape index (κ1) is 13.8. The highest BCUT2D eigenvalue weighted by atomic mass is 19.3. The molecular weight excluding hydrogens is 263 g/mol. The number of nitrogen functional groups attached to an aromatic ring is 1. The number of halogens is 3. The molecule has 2 rings (SSSR count). The average molecular weight is 277 g/mol. The Morgan fingerprint density at radius 3 is 2.53 bits per heavy atom. The molecule has 0 amide bonds. The molecule has 0 saturated carbocycles. The van der Waals surface area contributed by atoms with Crippen LogP contribution in [0.25, 0.3) is 0 Å². The SMILES string of the molecule is Nc1cc(F)c(OC(F)F)cc1OC1CCOCC1. The van der Waals surface area contributed by atoms with Crippen molar-refractivity contribution in [1.29, 1.82) is 0 Å². The molecule has 1 saturated heterocycles. The Balaban J connectivity index is 2.14. The molecule has 0 unspecified atom stereocenters. The predicted octanol–water partition coefficient (Wildman–Crippen LogP) is 2.57. The van der Waals surface area contributed by atoms with Gasteiger partial charge >= 0.3 is 6.61 Å². The van der Waals surface area contributed by atoms with Crippen molar-refractivity contribution in [1.82, 2.24) is 0 Å². The molecule has 0 spiro atoms. The summed E-state index contributed by atoms with van der Waals surface area (Å²) < 4.78 is 52.4. The molecule has 0 aliphatic carbocycles. The summed E-state index contributed by atoms with van der Waals surface area (Å²) in [7, 11) is 0. The standard InChI is InChI=1S/C12H14F3NO3/c13-8-5-9(16)11(6-10(8)19-12(14)15)18-7-1-3-17-4-2-7/h5-7,12H,1-4,16H2. The van der Waals surface area contributed by atoms with Gasteiger partial charge in [0.2, 0.25) is 0 Å². The van der Waals surface area contributed by atoms with Crippen LogP contribution in [0.5, 0.6) is 11.5 Å². The summed E-state index contributed by atoms with van der Waals surface area (Å²) in [4.78, 5) is 0. The van der Waals surface area contributed by atoms with Gasteiger partial charge in [-0.25, -0.2) is 4.39 Å². The second kappa shape index (κ2) is 6.01. The van der Waals surface area contributed by atoms with Crippen LogP contribution in [-0.4, -0.2) is 25.9 Å². The van der Waals surface area contributed by atoms with Gasteiger partial charge < -0.3 is 19.9 Å². The maximum Gasteiger partial charge on any atom is 0.387 e. The van der Waals surface area contributed by atoms with Crippen LogP contribution in [0.15, 0.2) is 12.1 Å². The number of rotatable bonds is 4. The molecule has 1 heterocycles. The summed E-state index contributed by atoms with van der Waals surface area (Å²) in [6, 6.07) is 1.96. The number of hydrogen-bond acceptors (Lipinski definition) is 4. The van der Waals surface area contributed by atoms with Gasteiger partial charge in [0, 0.05) is 25.0 Å². The van der Waals surface area contributed by atoms with Gasteiger partial charge in [-0.15, -0.1) is 0 Å². The number of anilines is 1. The summed E-state index contributed by atoms with van der Waals surface area (Å²) >= 11 is 0. The van der Waals surface area contributed by atoms with Crippen molar-refractivity contribution in [3.8, 4) is 11.5 Å². The highest BCUT2D eigenvalue weighted by molar-refractivity contribution is 5.56. The first-order chi connectivity index (χ1) is 9.06. The zero-order chi connectivity index (χ0) is 13.8. The Hall–Kier alpha value is -1.63. The molecule has 7 heteroatoms. The number of benzene rings is 1. The van der Waals surface area contributed by atoms with E-state index >= 15 is 0 Å². The lowest BCUT2D eigenvalue weighted by molar-refractivity contribution is -0.0523. The number of alkyl halides is 2. The predicted molar refractivity (Wildman–Crippen MR) is 61.9 cm³/mol. The minimum absolute atomic E-state index is 0.0469. The fourth-order valence-electron chi connectivity index (χ4n) is 1.81. The van der Waals surface area contributed by atoms with Crippen molar-refractivity contribution >= 4 is 5.69 Å². The van der Waals surface area contributed by atoms with Crippen LogP contribution in [0, 0.1) is 5.82 Å². The Kier molecular flexibility index (Phi) is 4.36. The fraction of sp³-hybridized carbons (Fsp3) is 0.500. The zero-order valence-corrected chi connectivity index (χ0v) is 10.1. The van der Waals surface area contributed by atoms with E-state index in [0.29, 0.717) is 26.1 Å². The van der Waals surface area contributed by atoms with E-state index in [2.05, 4.69) is 4.74 Å². The summed E-state index contributed by atoms with van der Waals surface area (Å²) in [5.74, 6) is -1.38. The summed E-state index contributed by atoms with van der Waals surface area (Å²) in [5, 5.41) is 0. The molecule has 0 atom stereocenters. The molecule has 0 radical (unpaired) electrons. The molecule has 2 N–H and O–H groups in total. The third-order valence-electron chi connectivity index (χ3n) is 2.74. The molecule has 106 valence electrons. The van der Waals surface area contributed by atoms with Gasteiger partial charge in [-0.05, 0) is 0 Å². The summed E-state index contributed by atoms with van der Waals surface area (Å²) in [5.41, 5.74) is 5.65. The Bertz CT molecular complexity index is 436. The van der Waals surface area contributed by atoms with Gasteiger partial charge in [0.05, 0.1) is 18.9 Å². The van der Waals surface area contributed by atoms with Crippen molar-refractivity contribution in [2.75, 3.05) is 18.9 Å². The second-order valence-electron chi connectivity index (χ2n) is 4.13. The van der Waals surface area contributed by atoms with E-state index in [-0.39, 0.29) is 17.5 Å². The highest BCUT2D eigenvalue weighted by Crippen LogP contribution is 2.32. The van der Waals surface area contributed by atoms with Gasteiger partial charge in [-0.2, -0.15) is 8.78 Å². The van der Waals surface area contributed by atoms with Gasteiger partial charge in [0.15, 0.2) is 11.6 Å². The quantitative estimate of drug-likeness (QED) is 0.859.